The molecule has 0 bridgehead atoms. The molecule has 0 aliphatic carbocycles. The van der Waals surface area contributed by atoms with E-state index in [0.717, 1.165) is 80.8 Å². The van der Waals surface area contributed by atoms with Gasteiger partial charge in [0.15, 0.2) is 40.2 Å². The molecule has 6 rings (SSSR count). The van der Waals surface area contributed by atoms with E-state index in [1.807, 2.05) is 0 Å². The number of ether oxygens (including phenoxy) is 6. The average molecular weight is 875 g/mol. The van der Waals surface area contributed by atoms with E-state index in [0.29, 0.717) is 17.2 Å². The molecule has 0 radical (unpaired) electrons. The van der Waals surface area contributed by atoms with Crippen LogP contribution in [0, 0.1) is 0 Å². The van der Waals surface area contributed by atoms with Crippen LogP contribution < -0.4 is 28.4 Å². The molecule has 4 aromatic carbocycles. The van der Waals surface area contributed by atoms with E-state index in [1.54, 1.807) is 35.5 Å². The fourth-order valence-electron chi connectivity index (χ4n) is 7.24. The highest BCUT2D eigenvalue weighted by Crippen LogP contribution is 2.46. The van der Waals surface area contributed by atoms with Crippen molar-refractivity contribution < 1.29 is 28.4 Å². The monoisotopic (exact) mass is 872 g/mol. The summed E-state index contributed by atoms with van der Waals surface area (Å²) in [5.41, 5.74) is 7.37. The highest BCUT2D eigenvalue weighted by Gasteiger charge is 2.30. The quantitative estimate of drug-likeness (QED) is 0.148. The van der Waals surface area contributed by atoms with Crippen molar-refractivity contribution in [1.82, 2.24) is 9.80 Å². The number of fused-ring (bicyclic) bond motifs is 2. The van der Waals surface area contributed by atoms with Gasteiger partial charge in [-0.2, -0.15) is 0 Å². The SMILES string of the molecule is COc1cc2c(cc1OC)C(Cc1cc(Br)c(Oc3cc(CC4c5cc(OC)c(OC)cc5CCN4C)cc(Br)c3OC)c(Br)c1)N(C)CC2. The second-order valence-electron chi connectivity index (χ2n) is 12.8. The summed E-state index contributed by atoms with van der Waals surface area (Å²) < 4.78 is 37.6. The van der Waals surface area contributed by atoms with Crippen LogP contribution in [0.1, 0.15) is 45.5 Å². The summed E-state index contributed by atoms with van der Waals surface area (Å²) in [7, 11) is 12.7. The molecule has 2 unspecified atom stereocenters. The van der Waals surface area contributed by atoms with Crippen LogP contribution in [-0.4, -0.2) is 72.5 Å². The predicted molar refractivity (Wildman–Crippen MR) is 207 cm³/mol. The lowest BCUT2D eigenvalue weighted by Gasteiger charge is -2.35. The lowest BCUT2D eigenvalue weighted by atomic mass is 9.88. The van der Waals surface area contributed by atoms with Crippen LogP contribution in [-0.2, 0) is 25.7 Å². The fourth-order valence-corrected chi connectivity index (χ4v) is 9.33. The zero-order valence-corrected chi connectivity index (χ0v) is 34.3. The summed E-state index contributed by atoms with van der Waals surface area (Å²) in [6.07, 6.45) is 3.50. The molecular formula is C39H43Br3N2O6. The van der Waals surface area contributed by atoms with Crippen LogP contribution in [0.3, 0.4) is 0 Å². The van der Waals surface area contributed by atoms with Crippen LogP contribution in [0.5, 0.6) is 40.2 Å². The van der Waals surface area contributed by atoms with Gasteiger partial charge in [0, 0.05) is 25.2 Å². The molecule has 2 atom stereocenters. The maximum atomic E-state index is 6.67. The van der Waals surface area contributed by atoms with Crippen LogP contribution in [0.25, 0.3) is 0 Å². The van der Waals surface area contributed by atoms with Crippen molar-refractivity contribution in [3.05, 3.63) is 95.3 Å². The molecular weight excluding hydrogens is 832 g/mol. The first-order valence-electron chi connectivity index (χ1n) is 16.5. The first-order valence-corrected chi connectivity index (χ1v) is 18.9. The first-order chi connectivity index (χ1) is 24.1. The van der Waals surface area contributed by atoms with Gasteiger partial charge in [-0.05, 0) is 169 Å². The average Bonchev–Trinajstić information content (AvgIpc) is 3.11. The van der Waals surface area contributed by atoms with E-state index in [1.165, 1.54) is 27.8 Å². The smallest absolute Gasteiger partial charge is 0.175 e. The lowest BCUT2D eigenvalue weighted by Crippen LogP contribution is -2.33. The lowest BCUT2D eigenvalue weighted by molar-refractivity contribution is 0.227. The van der Waals surface area contributed by atoms with Crippen molar-refractivity contribution in [3.63, 3.8) is 0 Å². The van der Waals surface area contributed by atoms with E-state index < -0.39 is 0 Å². The normalized spacial score (nSPS) is 17.5. The molecule has 0 spiro atoms. The van der Waals surface area contributed by atoms with Gasteiger partial charge in [0.05, 0.1) is 49.0 Å². The standard InChI is InChI=1S/C39H43Br3N2O6/c1-43-10-8-24-18-33(45-3)35(47-5)20-26(24)31(43)15-22-12-28(40)38(29(41)13-22)50-37-17-23(14-30(42)39(37)49-7)16-32-27-21-36(48-6)34(46-4)19-25(27)9-11-44(32)2/h12-14,17-21,31-32H,8-11,15-16H2,1-7H3. The predicted octanol–water partition coefficient (Wildman–Crippen LogP) is 9.35. The van der Waals surface area contributed by atoms with Gasteiger partial charge in [0.1, 0.15) is 0 Å². The van der Waals surface area contributed by atoms with Crippen molar-refractivity contribution in [3.8, 4) is 40.2 Å². The topological polar surface area (TPSA) is 61.9 Å². The molecule has 0 fully saturated rings. The Hall–Kier alpha value is -2.96. The van der Waals surface area contributed by atoms with Crippen molar-refractivity contribution >= 4 is 47.8 Å². The number of rotatable bonds is 11. The molecule has 2 aliphatic rings. The van der Waals surface area contributed by atoms with Gasteiger partial charge in [-0.1, -0.05) is 0 Å². The summed E-state index contributed by atoms with van der Waals surface area (Å²) in [6, 6.07) is 17.3. The molecule has 0 aromatic heterocycles. The number of nitrogens with zero attached hydrogens (tertiary/aromatic N) is 2. The minimum Gasteiger partial charge on any atom is -0.493 e. The Morgan fingerprint density at radius 1 is 0.520 bits per heavy atom. The Kier molecular flexibility index (Phi) is 11.6. The molecule has 8 nitrogen and oxygen atoms in total. The zero-order valence-electron chi connectivity index (χ0n) is 29.5. The maximum Gasteiger partial charge on any atom is 0.175 e. The van der Waals surface area contributed by atoms with Crippen molar-refractivity contribution in [2.75, 3.05) is 62.7 Å². The Bertz CT molecular complexity index is 1860. The zero-order chi connectivity index (χ0) is 35.7. The van der Waals surface area contributed by atoms with Crippen LogP contribution in [0.2, 0.25) is 0 Å². The molecule has 0 amide bonds. The van der Waals surface area contributed by atoms with Crippen LogP contribution in [0.4, 0.5) is 0 Å². The second kappa shape index (κ2) is 15.7. The summed E-state index contributed by atoms with van der Waals surface area (Å²) in [4.78, 5) is 4.80. The number of hydrogen-bond donors (Lipinski definition) is 0. The third-order valence-electron chi connectivity index (χ3n) is 9.94. The largest absolute Gasteiger partial charge is 0.493 e. The van der Waals surface area contributed by atoms with Crippen molar-refractivity contribution in [2.24, 2.45) is 0 Å². The molecule has 0 saturated heterocycles. The van der Waals surface area contributed by atoms with Crippen LogP contribution >= 0.6 is 47.8 Å². The molecule has 50 heavy (non-hydrogen) atoms. The molecule has 0 saturated carbocycles. The maximum absolute atomic E-state index is 6.67. The summed E-state index contributed by atoms with van der Waals surface area (Å²) in [5.74, 6) is 4.95. The molecule has 0 N–H and O–H groups in total. The van der Waals surface area contributed by atoms with Crippen molar-refractivity contribution in [2.45, 2.75) is 37.8 Å². The number of likely N-dealkylation sites (N-methyl/N-ethyl adjacent to an activating group) is 2. The van der Waals surface area contributed by atoms with Gasteiger partial charge in [-0.3, -0.25) is 9.80 Å². The molecule has 11 heteroatoms. The number of benzene rings is 4. The first kappa shape index (κ1) is 36.8. The number of halogens is 3. The molecule has 2 heterocycles. The van der Waals surface area contributed by atoms with Gasteiger partial charge in [-0.25, -0.2) is 0 Å². The van der Waals surface area contributed by atoms with E-state index >= 15 is 0 Å². The minimum atomic E-state index is 0.147. The van der Waals surface area contributed by atoms with Crippen LogP contribution in [0.15, 0.2) is 61.9 Å². The van der Waals surface area contributed by atoms with E-state index in [9.17, 15) is 0 Å². The summed E-state index contributed by atoms with van der Waals surface area (Å²) in [5, 5.41) is 0. The highest BCUT2D eigenvalue weighted by molar-refractivity contribution is 9.11. The third kappa shape index (κ3) is 7.35. The Morgan fingerprint density at radius 2 is 0.920 bits per heavy atom. The molecule has 266 valence electrons. The third-order valence-corrected chi connectivity index (χ3v) is 11.7. The van der Waals surface area contributed by atoms with Gasteiger partial charge in [0.25, 0.3) is 0 Å². The number of methoxy groups -OCH3 is 5. The van der Waals surface area contributed by atoms with Gasteiger partial charge < -0.3 is 28.4 Å². The van der Waals surface area contributed by atoms with E-state index in [4.69, 9.17) is 28.4 Å². The summed E-state index contributed by atoms with van der Waals surface area (Å²) >= 11 is 11.4. The highest BCUT2D eigenvalue weighted by atomic mass is 79.9. The molecule has 4 aromatic rings. The van der Waals surface area contributed by atoms with E-state index in [-0.39, 0.29) is 12.1 Å². The second-order valence-corrected chi connectivity index (χ2v) is 15.4. The Labute approximate surface area is 320 Å². The fraction of sp³-hybridized carbons (Fsp3) is 0.385. The van der Waals surface area contributed by atoms with Gasteiger partial charge in [0.2, 0.25) is 0 Å². The van der Waals surface area contributed by atoms with Crippen molar-refractivity contribution in [1.29, 1.82) is 0 Å². The molecule has 2 aliphatic heterocycles. The Morgan fingerprint density at radius 3 is 1.34 bits per heavy atom. The van der Waals surface area contributed by atoms with E-state index in [2.05, 4.69) is 120 Å². The van der Waals surface area contributed by atoms with Gasteiger partial charge in [-0.15, -0.1) is 0 Å². The number of hydrogen-bond acceptors (Lipinski definition) is 8. The summed E-state index contributed by atoms with van der Waals surface area (Å²) in [6.45, 7) is 1.91. The Balaban J connectivity index is 1.28. The minimum absolute atomic E-state index is 0.147. The van der Waals surface area contributed by atoms with Gasteiger partial charge >= 0.3 is 0 Å².